The Morgan fingerprint density at radius 1 is 0.970 bits per heavy atom. The van der Waals surface area contributed by atoms with E-state index in [2.05, 4.69) is 4.98 Å². The van der Waals surface area contributed by atoms with Crippen molar-refractivity contribution < 1.29 is 4.74 Å². The third kappa shape index (κ3) is 4.01. The van der Waals surface area contributed by atoms with Crippen LogP contribution < -0.4 is 15.9 Å². The van der Waals surface area contributed by atoms with Crippen LogP contribution in [0.1, 0.15) is 11.3 Å². The number of pyridine rings is 1. The van der Waals surface area contributed by atoms with E-state index in [0.717, 1.165) is 5.56 Å². The number of para-hydroxylation sites is 1. The highest BCUT2D eigenvalue weighted by atomic mass is 32.2. The van der Waals surface area contributed by atoms with Gasteiger partial charge >= 0.3 is 0 Å². The summed E-state index contributed by atoms with van der Waals surface area (Å²) in [7, 11) is 1.58. The molecule has 8 heteroatoms. The van der Waals surface area contributed by atoms with Gasteiger partial charge in [0.15, 0.2) is 5.16 Å². The molecule has 0 amide bonds. The highest BCUT2D eigenvalue weighted by Gasteiger charge is 2.15. The van der Waals surface area contributed by atoms with Crippen LogP contribution in [0, 0.1) is 6.92 Å². The number of thioether (sulfide) groups is 1. The van der Waals surface area contributed by atoms with E-state index in [9.17, 15) is 9.59 Å². The van der Waals surface area contributed by atoms with E-state index in [1.54, 1.807) is 30.0 Å². The Morgan fingerprint density at radius 3 is 2.67 bits per heavy atom. The highest BCUT2D eigenvalue weighted by Crippen LogP contribution is 2.25. The first-order valence-electron chi connectivity index (χ1n) is 10.3. The van der Waals surface area contributed by atoms with Crippen molar-refractivity contribution in [1.82, 2.24) is 18.9 Å². The normalized spacial score (nSPS) is 11.2. The highest BCUT2D eigenvalue weighted by molar-refractivity contribution is 7.98. The molecular weight excluding hydrogens is 436 g/mol. The van der Waals surface area contributed by atoms with Gasteiger partial charge in [0, 0.05) is 24.1 Å². The van der Waals surface area contributed by atoms with Gasteiger partial charge in [-0.1, -0.05) is 36.0 Å². The zero-order chi connectivity index (χ0) is 22.9. The van der Waals surface area contributed by atoms with Crippen LogP contribution in [-0.4, -0.2) is 26.0 Å². The molecule has 33 heavy (non-hydrogen) atoms. The average molecular weight is 457 g/mol. The van der Waals surface area contributed by atoms with E-state index in [1.807, 2.05) is 55.5 Å². The Morgan fingerprint density at radius 2 is 1.82 bits per heavy atom. The molecule has 2 aromatic carbocycles. The number of ether oxygens (including phenoxy) is 1. The van der Waals surface area contributed by atoms with Crippen LogP contribution in [0.3, 0.4) is 0 Å². The van der Waals surface area contributed by atoms with Gasteiger partial charge in [0.2, 0.25) is 0 Å². The van der Waals surface area contributed by atoms with Crippen molar-refractivity contribution in [3.8, 4) is 11.4 Å². The summed E-state index contributed by atoms with van der Waals surface area (Å²) >= 11 is 1.36. The number of benzene rings is 2. The first-order valence-corrected chi connectivity index (χ1v) is 11.3. The van der Waals surface area contributed by atoms with Crippen LogP contribution >= 0.6 is 11.8 Å². The lowest BCUT2D eigenvalue weighted by Gasteiger charge is -2.14. The monoisotopic (exact) mass is 456 g/mol. The number of rotatable bonds is 5. The van der Waals surface area contributed by atoms with E-state index < -0.39 is 0 Å². The van der Waals surface area contributed by atoms with E-state index in [-0.39, 0.29) is 11.1 Å². The molecule has 0 unspecified atom stereocenters. The summed E-state index contributed by atoms with van der Waals surface area (Å²) in [5, 5.41) is 1.04. The molecule has 7 nitrogen and oxygen atoms in total. The molecule has 0 bridgehead atoms. The lowest BCUT2D eigenvalue weighted by molar-refractivity contribution is 0.414. The van der Waals surface area contributed by atoms with Crippen LogP contribution in [0.4, 0.5) is 0 Å². The molecule has 0 atom stereocenters. The van der Waals surface area contributed by atoms with Gasteiger partial charge in [-0.3, -0.25) is 18.6 Å². The Kier molecular flexibility index (Phi) is 5.43. The summed E-state index contributed by atoms with van der Waals surface area (Å²) in [6, 6.07) is 19.8. The van der Waals surface area contributed by atoms with Crippen molar-refractivity contribution in [2.45, 2.75) is 17.8 Å². The quantitative estimate of drug-likeness (QED) is 0.294. The number of hydrogen-bond donors (Lipinski definition) is 0. The Hall–Kier alpha value is -3.91. The summed E-state index contributed by atoms with van der Waals surface area (Å²) in [4.78, 5) is 35.4. The van der Waals surface area contributed by atoms with Gasteiger partial charge < -0.3 is 4.74 Å². The van der Waals surface area contributed by atoms with Gasteiger partial charge in [-0.25, -0.2) is 9.97 Å². The lowest BCUT2D eigenvalue weighted by Crippen LogP contribution is -2.22. The number of aromatic nitrogens is 4. The maximum Gasteiger partial charge on any atom is 0.266 e. The van der Waals surface area contributed by atoms with Gasteiger partial charge in [-0.15, -0.1) is 0 Å². The molecule has 3 heterocycles. The zero-order valence-corrected chi connectivity index (χ0v) is 18.9. The molecular formula is C25H20N4O3S. The predicted molar refractivity (Wildman–Crippen MR) is 130 cm³/mol. The van der Waals surface area contributed by atoms with E-state index >= 15 is 0 Å². The number of methoxy groups -OCH3 is 1. The number of nitrogens with zero attached hydrogens (tertiary/aromatic N) is 4. The van der Waals surface area contributed by atoms with Gasteiger partial charge in [0.05, 0.1) is 29.4 Å². The molecule has 5 rings (SSSR count). The van der Waals surface area contributed by atoms with Crippen molar-refractivity contribution in [1.29, 1.82) is 0 Å². The van der Waals surface area contributed by atoms with Crippen LogP contribution in [0.25, 0.3) is 22.2 Å². The summed E-state index contributed by atoms with van der Waals surface area (Å²) in [5.41, 5.74) is 3.15. The van der Waals surface area contributed by atoms with E-state index in [4.69, 9.17) is 9.72 Å². The minimum absolute atomic E-state index is 0.143. The molecule has 0 aliphatic rings. The summed E-state index contributed by atoms with van der Waals surface area (Å²) < 4.78 is 8.45. The van der Waals surface area contributed by atoms with Crippen molar-refractivity contribution in [2.75, 3.05) is 7.11 Å². The minimum Gasteiger partial charge on any atom is -0.497 e. The topological polar surface area (TPSA) is 78.5 Å². The first kappa shape index (κ1) is 21.0. The predicted octanol–water partition coefficient (Wildman–Crippen LogP) is 4.00. The number of aryl methyl sites for hydroxylation is 1. The second-order valence-corrected chi connectivity index (χ2v) is 8.51. The van der Waals surface area contributed by atoms with Gasteiger partial charge in [0.25, 0.3) is 11.1 Å². The third-order valence-corrected chi connectivity index (χ3v) is 6.24. The SMILES string of the molecule is COc1cccc(-n2c(SCc3cc(=O)n4cc(C)ccc4n3)nc3ccccc3c2=O)c1. The number of fused-ring (bicyclic) bond motifs is 2. The van der Waals surface area contributed by atoms with Crippen molar-refractivity contribution in [3.05, 3.63) is 105 Å². The molecule has 0 aliphatic heterocycles. The maximum absolute atomic E-state index is 13.4. The maximum atomic E-state index is 13.4. The molecule has 0 spiro atoms. The van der Waals surface area contributed by atoms with Gasteiger partial charge in [0.1, 0.15) is 11.4 Å². The summed E-state index contributed by atoms with van der Waals surface area (Å²) in [6.07, 6.45) is 1.77. The van der Waals surface area contributed by atoms with Crippen LogP contribution in [0.2, 0.25) is 0 Å². The van der Waals surface area contributed by atoms with E-state index in [1.165, 1.54) is 22.2 Å². The van der Waals surface area contributed by atoms with Gasteiger partial charge in [-0.2, -0.15) is 0 Å². The Bertz CT molecular complexity index is 1620. The molecule has 164 valence electrons. The smallest absolute Gasteiger partial charge is 0.266 e. The van der Waals surface area contributed by atoms with Crippen molar-refractivity contribution >= 4 is 28.3 Å². The first-order chi connectivity index (χ1) is 16.0. The second kappa shape index (κ2) is 8.55. The molecule has 5 aromatic rings. The fourth-order valence-electron chi connectivity index (χ4n) is 3.66. The van der Waals surface area contributed by atoms with Crippen LogP contribution in [0.5, 0.6) is 5.75 Å². The van der Waals surface area contributed by atoms with E-state index in [0.29, 0.717) is 44.6 Å². The molecule has 0 fully saturated rings. The van der Waals surface area contributed by atoms with Gasteiger partial charge in [-0.05, 0) is 42.8 Å². The number of hydrogen-bond acceptors (Lipinski definition) is 6. The average Bonchev–Trinajstić information content (AvgIpc) is 2.83. The van der Waals surface area contributed by atoms with Crippen molar-refractivity contribution in [2.24, 2.45) is 0 Å². The lowest BCUT2D eigenvalue weighted by atomic mass is 10.2. The summed E-state index contributed by atoms with van der Waals surface area (Å²) in [5.74, 6) is 1.02. The van der Waals surface area contributed by atoms with Crippen molar-refractivity contribution in [3.63, 3.8) is 0 Å². The summed E-state index contributed by atoms with van der Waals surface area (Å²) in [6.45, 7) is 1.93. The Balaban J connectivity index is 1.60. The standard InChI is InChI=1S/C25H20N4O3S/c1-16-10-11-22-26-17(12-23(30)28(22)14-16)15-33-25-27-21-9-4-3-8-20(21)24(31)29(25)18-6-5-7-19(13-18)32-2/h3-14H,15H2,1-2H3. The zero-order valence-electron chi connectivity index (χ0n) is 18.1. The van der Waals surface area contributed by atoms with Crippen LogP contribution in [0.15, 0.2) is 87.7 Å². The molecule has 0 N–H and O–H groups in total. The second-order valence-electron chi connectivity index (χ2n) is 7.56. The molecule has 0 aliphatic carbocycles. The largest absolute Gasteiger partial charge is 0.497 e. The molecule has 0 radical (unpaired) electrons. The minimum atomic E-state index is -0.168. The Labute approximate surface area is 193 Å². The fraction of sp³-hybridized carbons (Fsp3) is 0.120. The van der Waals surface area contributed by atoms with Crippen LogP contribution in [-0.2, 0) is 5.75 Å². The molecule has 3 aromatic heterocycles. The fourth-order valence-corrected chi connectivity index (χ4v) is 4.56. The molecule has 0 saturated carbocycles. The third-order valence-electron chi connectivity index (χ3n) is 5.27. The molecule has 0 saturated heterocycles.